The molecule has 0 aromatic heterocycles. The minimum absolute atomic E-state index is 0.273. The first-order valence-corrected chi connectivity index (χ1v) is 7.81. The lowest BCUT2D eigenvalue weighted by Crippen LogP contribution is -2.20. The van der Waals surface area contributed by atoms with Gasteiger partial charge >= 0.3 is 5.97 Å². The van der Waals surface area contributed by atoms with Crippen LogP contribution in [0.4, 0.5) is 0 Å². The van der Waals surface area contributed by atoms with Gasteiger partial charge in [-0.05, 0) is 42.1 Å². The highest BCUT2D eigenvalue weighted by atomic mass is 35.5. The Labute approximate surface area is 135 Å². The lowest BCUT2D eigenvalue weighted by atomic mass is 9.93. The van der Waals surface area contributed by atoms with Gasteiger partial charge in [-0.2, -0.15) is 0 Å². The normalized spacial score (nSPS) is 18.5. The van der Waals surface area contributed by atoms with Crippen molar-refractivity contribution in [1.29, 1.82) is 0 Å². The molecule has 3 rings (SSSR count). The molecule has 0 aliphatic carbocycles. The van der Waals surface area contributed by atoms with Gasteiger partial charge < -0.3 is 5.11 Å². The van der Waals surface area contributed by atoms with Crippen LogP contribution in [0.2, 0.25) is 5.02 Å². The fraction of sp³-hybridized carbons (Fsp3) is 0.278. The summed E-state index contributed by atoms with van der Waals surface area (Å²) in [6.07, 6.45) is 0.981. The van der Waals surface area contributed by atoms with Crippen LogP contribution in [0.25, 0.3) is 0 Å². The second kappa shape index (κ2) is 6.51. The van der Waals surface area contributed by atoms with E-state index in [1.165, 1.54) is 0 Å². The van der Waals surface area contributed by atoms with Gasteiger partial charge in [0.2, 0.25) is 0 Å². The van der Waals surface area contributed by atoms with Crippen molar-refractivity contribution in [3.8, 4) is 0 Å². The first-order chi connectivity index (χ1) is 10.6. The van der Waals surface area contributed by atoms with Gasteiger partial charge in [-0.1, -0.05) is 48.0 Å². The number of halogens is 1. The first kappa shape index (κ1) is 15.1. The second-order valence-corrected chi connectivity index (χ2v) is 6.11. The van der Waals surface area contributed by atoms with Crippen molar-refractivity contribution in [2.24, 2.45) is 0 Å². The zero-order chi connectivity index (χ0) is 15.5. The molecular weight excluding hydrogens is 298 g/mol. The molecule has 4 heteroatoms. The Balaban J connectivity index is 1.73. The second-order valence-electron chi connectivity index (χ2n) is 5.70. The third-order valence-corrected chi connectivity index (χ3v) is 4.62. The number of nitrogens with zero attached hydrogens (tertiary/aromatic N) is 1. The Hall–Kier alpha value is -1.84. The van der Waals surface area contributed by atoms with E-state index in [0.717, 1.165) is 42.2 Å². The van der Waals surface area contributed by atoms with Gasteiger partial charge in [0.15, 0.2) is 0 Å². The zero-order valence-electron chi connectivity index (χ0n) is 12.2. The molecule has 1 unspecified atom stereocenters. The van der Waals surface area contributed by atoms with Crippen LogP contribution >= 0.6 is 11.6 Å². The van der Waals surface area contributed by atoms with Crippen LogP contribution in [0.3, 0.4) is 0 Å². The van der Waals surface area contributed by atoms with E-state index in [9.17, 15) is 9.90 Å². The molecule has 2 aromatic carbocycles. The van der Waals surface area contributed by atoms with Gasteiger partial charge in [0.05, 0.1) is 5.56 Å². The van der Waals surface area contributed by atoms with E-state index >= 15 is 0 Å². The van der Waals surface area contributed by atoms with Crippen LogP contribution < -0.4 is 0 Å². The topological polar surface area (TPSA) is 40.5 Å². The van der Waals surface area contributed by atoms with Crippen LogP contribution in [0, 0.1) is 0 Å². The summed E-state index contributed by atoms with van der Waals surface area (Å²) in [5.41, 5.74) is 2.49. The van der Waals surface area contributed by atoms with Gasteiger partial charge in [0, 0.05) is 18.1 Å². The quantitative estimate of drug-likeness (QED) is 0.926. The number of carboxylic acid groups (broad SMARTS) is 1. The summed E-state index contributed by atoms with van der Waals surface area (Å²) in [4.78, 5) is 13.7. The van der Waals surface area contributed by atoms with Gasteiger partial charge in [-0.3, -0.25) is 4.90 Å². The van der Waals surface area contributed by atoms with E-state index in [-0.39, 0.29) is 5.92 Å². The SMILES string of the molecule is O=C(O)c1ccccc1C1CCN(Cc2ccccc2Cl)C1. The third kappa shape index (κ3) is 3.16. The highest BCUT2D eigenvalue weighted by molar-refractivity contribution is 6.31. The van der Waals surface area contributed by atoms with Crippen molar-refractivity contribution in [3.63, 3.8) is 0 Å². The molecule has 1 aliphatic rings. The number of benzene rings is 2. The average molecular weight is 316 g/mol. The summed E-state index contributed by atoms with van der Waals surface area (Å²) in [6, 6.07) is 15.2. The molecule has 0 saturated carbocycles. The van der Waals surface area contributed by atoms with Crippen LogP contribution in [0.1, 0.15) is 33.8 Å². The van der Waals surface area contributed by atoms with Crippen molar-refractivity contribution in [2.45, 2.75) is 18.9 Å². The number of rotatable bonds is 4. The predicted molar refractivity (Wildman–Crippen MR) is 87.5 cm³/mol. The maximum atomic E-state index is 11.4. The van der Waals surface area contributed by atoms with Gasteiger partial charge in [-0.25, -0.2) is 4.79 Å². The van der Waals surface area contributed by atoms with Gasteiger partial charge in [-0.15, -0.1) is 0 Å². The maximum absolute atomic E-state index is 11.4. The summed E-state index contributed by atoms with van der Waals surface area (Å²) in [6.45, 7) is 2.64. The zero-order valence-corrected chi connectivity index (χ0v) is 13.0. The van der Waals surface area contributed by atoms with Crippen LogP contribution in [0.15, 0.2) is 48.5 Å². The fourth-order valence-corrected chi connectivity index (χ4v) is 3.34. The maximum Gasteiger partial charge on any atom is 0.335 e. The van der Waals surface area contributed by atoms with E-state index in [2.05, 4.69) is 4.90 Å². The molecule has 1 atom stereocenters. The molecule has 3 nitrogen and oxygen atoms in total. The Morgan fingerprint density at radius 2 is 1.91 bits per heavy atom. The Morgan fingerprint density at radius 3 is 2.68 bits per heavy atom. The minimum Gasteiger partial charge on any atom is -0.478 e. The highest BCUT2D eigenvalue weighted by Gasteiger charge is 2.27. The largest absolute Gasteiger partial charge is 0.478 e. The van der Waals surface area contributed by atoms with Crippen molar-refractivity contribution < 1.29 is 9.90 Å². The van der Waals surface area contributed by atoms with E-state index in [4.69, 9.17) is 11.6 Å². The molecule has 0 spiro atoms. The number of aromatic carboxylic acids is 1. The lowest BCUT2D eigenvalue weighted by molar-refractivity contribution is 0.0695. The van der Waals surface area contributed by atoms with E-state index in [0.29, 0.717) is 5.56 Å². The van der Waals surface area contributed by atoms with Gasteiger partial charge in [0.25, 0.3) is 0 Å². The molecule has 1 fully saturated rings. The number of likely N-dealkylation sites (tertiary alicyclic amines) is 1. The highest BCUT2D eigenvalue weighted by Crippen LogP contribution is 2.31. The molecule has 0 bridgehead atoms. The lowest BCUT2D eigenvalue weighted by Gasteiger charge is -2.18. The molecule has 1 saturated heterocycles. The van der Waals surface area contributed by atoms with E-state index in [1.807, 2.05) is 36.4 Å². The standard InChI is InChI=1S/C18H18ClNO2/c19-17-8-4-1-5-14(17)12-20-10-9-13(11-20)15-6-2-3-7-16(15)18(21)22/h1-8,13H,9-12H2,(H,21,22). The smallest absolute Gasteiger partial charge is 0.335 e. The first-order valence-electron chi connectivity index (χ1n) is 7.43. The number of hydrogen-bond acceptors (Lipinski definition) is 2. The van der Waals surface area contributed by atoms with Crippen molar-refractivity contribution >= 4 is 17.6 Å². The Bertz CT molecular complexity index is 686. The summed E-state index contributed by atoms with van der Waals surface area (Å²) in [5, 5.41) is 10.1. The number of carbonyl (C=O) groups is 1. The molecule has 2 aromatic rings. The fourth-order valence-electron chi connectivity index (χ4n) is 3.15. The van der Waals surface area contributed by atoms with Crippen LogP contribution in [0.5, 0.6) is 0 Å². The molecule has 114 valence electrons. The molecule has 1 aliphatic heterocycles. The summed E-state index contributed by atoms with van der Waals surface area (Å²) >= 11 is 6.22. The molecular formula is C18H18ClNO2. The number of hydrogen-bond donors (Lipinski definition) is 1. The van der Waals surface area contributed by atoms with E-state index < -0.39 is 5.97 Å². The summed E-state index contributed by atoms with van der Waals surface area (Å²) in [7, 11) is 0. The number of carboxylic acids is 1. The Morgan fingerprint density at radius 1 is 1.18 bits per heavy atom. The Kier molecular flexibility index (Phi) is 4.46. The molecule has 1 N–H and O–H groups in total. The average Bonchev–Trinajstić information content (AvgIpc) is 2.98. The molecule has 22 heavy (non-hydrogen) atoms. The van der Waals surface area contributed by atoms with Crippen molar-refractivity contribution in [3.05, 3.63) is 70.2 Å². The van der Waals surface area contributed by atoms with Gasteiger partial charge in [0.1, 0.15) is 0 Å². The van der Waals surface area contributed by atoms with Crippen LogP contribution in [-0.2, 0) is 6.54 Å². The minimum atomic E-state index is -0.847. The summed E-state index contributed by atoms with van der Waals surface area (Å²) < 4.78 is 0. The van der Waals surface area contributed by atoms with Crippen molar-refractivity contribution in [2.75, 3.05) is 13.1 Å². The molecule has 0 radical (unpaired) electrons. The monoisotopic (exact) mass is 315 g/mol. The summed E-state index contributed by atoms with van der Waals surface area (Å²) in [5.74, 6) is -0.574. The van der Waals surface area contributed by atoms with Crippen molar-refractivity contribution in [1.82, 2.24) is 4.90 Å². The third-order valence-electron chi connectivity index (χ3n) is 4.26. The molecule has 1 heterocycles. The molecule has 0 amide bonds. The van der Waals surface area contributed by atoms with Crippen LogP contribution in [-0.4, -0.2) is 29.1 Å². The van der Waals surface area contributed by atoms with E-state index in [1.54, 1.807) is 12.1 Å². The predicted octanol–water partition coefficient (Wildman–Crippen LogP) is 4.03.